The molecule has 1 aromatic heterocycles. The van der Waals surface area contributed by atoms with Crippen molar-refractivity contribution in [2.24, 2.45) is 0 Å². The highest BCUT2D eigenvalue weighted by molar-refractivity contribution is 6.31. The Kier molecular flexibility index (Phi) is 5.21. The Balaban J connectivity index is 2.05. The minimum Gasteiger partial charge on any atom is -0.305 e. The Morgan fingerprint density at radius 1 is 1.30 bits per heavy atom. The monoisotopic (exact) mass is 291 g/mol. The van der Waals surface area contributed by atoms with E-state index < -0.39 is 0 Å². The summed E-state index contributed by atoms with van der Waals surface area (Å²) in [5.41, 5.74) is 3.50. The second-order valence-electron chi connectivity index (χ2n) is 4.92. The van der Waals surface area contributed by atoms with Gasteiger partial charge in [0, 0.05) is 24.2 Å². The maximum atomic E-state index is 6.23. The minimum atomic E-state index is 0.217. The number of hydrogen-bond donors (Lipinski definition) is 1. The first-order chi connectivity index (χ1) is 9.65. The van der Waals surface area contributed by atoms with E-state index in [0.717, 1.165) is 35.8 Å². The van der Waals surface area contributed by atoms with Crippen molar-refractivity contribution in [3.8, 4) is 0 Å². The minimum absolute atomic E-state index is 0.217. The smallest absolute Gasteiger partial charge is 0.0625 e. The highest BCUT2D eigenvalue weighted by atomic mass is 35.5. The number of aryl methyl sites for hydroxylation is 2. The van der Waals surface area contributed by atoms with Crippen molar-refractivity contribution in [3.63, 3.8) is 0 Å². The summed E-state index contributed by atoms with van der Waals surface area (Å²) < 4.78 is 2.06. The first kappa shape index (κ1) is 15.1. The molecule has 0 fully saturated rings. The molecule has 0 unspecified atom stereocenters. The van der Waals surface area contributed by atoms with E-state index in [1.54, 1.807) is 0 Å². The third-order valence-electron chi connectivity index (χ3n) is 3.54. The summed E-state index contributed by atoms with van der Waals surface area (Å²) >= 11 is 6.23. The van der Waals surface area contributed by atoms with Crippen molar-refractivity contribution in [1.82, 2.24) is 15.1 Å². The average molecular weight is 292 g/mol. The van der Waals surface area contributed by atoms with Gasteiger partial charge in [0.05, 0.1) is 11.4 Å². The van der Waals surface area contributed by atoms with E-state index in [4.69, 9.17) is 11.6 Å². The van der Waals surface area contributed by atoms with E-state index in [1.165, 1.54) is 5.69 Å². The molecular weight excluding hydrogens is 270 g/mol. The fourth-order valence-corrected chi connectivity index (χ4v) is 2.60. The normalized spacial score (nSPS) is 12.6. The van der Waals surface area contributed by atoms with Gasteiger partial charge in [-0.2, -0.15) is 5.10 Å². The van der Waals surface area contributed by atoms with Gasteiger partial charge in [0.25, 0.3) is 0 Å². The van der Waals surface area contributed by atoms with Gasteiger partial charge >= 0.3 is 0 Å². The van der Waals surface area contributed by atoms with E-state index in [2.05, 4.69) is 48.0 Å². The van der Waals surface area contributed by atoms with Crippen LogP contribution >= 0.6 is 11.6 Å². The summed E-state index contributed by atoms with van der Waals surface area (Å²) in [6.07, 6.45) is 0.972. The van der Waals surface area contributed by atoms with Gasteiger partial charge in [-0.1, -0.05) is 36.7 Å². The molecule has 0 bridgehead atoms. The molecule has 2 aromatic rings. The lowest BCUT2D eigenvalue weighted by atomic mass is 10.1. The molecule has 0 aliphatic heterocycles. The van der Waals surface area contributed by atoms with E-state index >= 15 is 0 Å². The van der Waals surface area contributed by atoms with E-state index in [-0.39, 0.29) is 6.04 Å². The number of halogens is 1. The zero-order valence-corrected chi connectivity index (χ0v) is 13.1. The zero-order valence-electron chi connectivity index (χ0n) is 12.4. The van der Waals surface area contributed by atoms with Crippen molar-refractivity contribution in [1.29, 1.82) is 0 Å². The molecule has 1 heterocycles. The highest BCUT2D eigenvalue weighted by Gasteiger charge is 2.11. The summed E-state index contributed by atoms with van der Waals surface area (Å²) in [6.45, 7) is 8.08. The molecule has 4 heteroatoms. The highest BCUT2D eigenvalue weighted by Crippen LogP contribution is 2.22. The van der Waals surface area contributed by atoms with Crippen molar-refractivity contribution in [2.75, 3.05) is 0 Å². The molecule has 20 heavy (non-hydrogen) atoms. The van der Waals surface area contributed by atoms with E-state index in [1.807, 2.05) is 18.2 Å². The quantitative estimate of drug-likeness (QED) is 0.873. The maximum Gasteiger partial charge on any atom is 0.0625 e. The third-order valence-corrected chi connectivity index (χ3v) is 3.88. The lowest BCUT2D eigenvalue weighted by molar-refractivity contribution is 0.530. The molecule has 108 valence electrons. The molecule has 0 aliphatic rings. The molecule has 1 N–H and O–H groups in total. The van der Waals surface area contributed by atoms with Gasteiger partial charge in [-0.3, -0.25) is 4.68 Å². The van der Waals surface area contributed by atoms with Crippen molar-refractivity contribution >= 4 is 11.6 Å². The lowest BCUT2D eigenvalue weighted by Crippen LogP contribution is -2.20. The second kappa shape index (κ2) is 6.91. The SMILES string of the molecule is CCc1cc(CN[C@@H](C)c2ccccc2Cl)n(CC)n1. The Bertz CT molecular complexity index is 563. The largest absolute Gasteiger partial charge is 0.305 e. The number of rotatable bonds is 6. The summed E-state index contributed by atoms with van der Waals surface area (Å²) in [5, 5.41) is 8.90. The van der Waals surface area contributed by atoms with Gasteiger partial charge in [-0.15, -0.1) is 0 Å². The van der Waals surface area contributed by atoms with Gasteiger partial charge < -0.3 is 5.32 Å². The predicted molar refractivity (Wildman–Crippen MR) is 84.0 cm³/mol. The first-order valence-electron chi connectivity index (χ1n) is 7.19. The van der Waals surface area contributed by atoms with Gasteiger partial charge in [0.2, 0.25) is 0 Å². The second-order valence-corrected chi connectivity index (χ2v) is 5.33. The number of benzene rings is 1. The zero-order chi connectivity index (χ0) is 14.5. The first-order valence-corrected chi connectivity index (χ1v) is 7.56. The Labute approximate surface area is 126 Å². The number of hydrogen-bond acceptors (Lipinski definition) is 2. The molecule has 0 saturated heterocycles. The van der Waals surface area contributed by atoms with Gasteiger partial charge in [0.1, 0.15) is 0 Å². The maximum absolute atomic E-state index is 6.23. The molecule has 0 saturated carbocycles. The van der Waals surface area contributed by atoms with Crippen LogP contribution in [0, 0.1) is 0 Å². The van der Waals surface area contributed by atoms with Crippen LogP contribution in [0.5, 0.6) is 0 Å². The van der Waals surface area contributed by atoms with Crippen LogP contribution in [-0.2, 0) is 19.5 Å². The van der Waals surface area contributed by atoms with Crippen LogP contribution in [0.2, 0.25) is 5.02 Å². The molecule has 0 amide bonds. The molecule has 0 spiro atoms. The van der Waals surface area contributed by atoms with E-state index in [9.17, 15) is 0 Å². The molecule has 3 nitrogen and oxygen atoms in total. The van der Waals surface area contributed by atoms with Crippen molar-refractivity contribution < 1.29 is 0 Å². The van der Waals surface area contributed by atoms with E-state index in [0.29, 0.717) is 0 Å². The molecule has 1 atom stereocenters. The summed E-state index contributed by atoms with van der Waals surface area (Å²) in [4.78, 5) is 0. The summed E-state index contributed by atoms with van der Waals surface area (Å²) in [7, 11) is 0. The Morgan fingerprint density at radius 3 is 2.70 bits per heavy atom. The van der Waals surface area contributed by atoms with Crippen LogP contribution < -0.4 is 5.32 Å². The molecule has 1 aromatic carbocycles. The van der Waals surface area contributed by atoms with Gasteiger partial charge in [0.15, 0.2) is 0 Å². The Morgan fingerprint density at radius 2 is 2.05 bits per heavy atom. The Hall–Kier alpha value is -1.32. The molecular formula is C16H22ClN3. The molecule has 0 radical (unpaired) electrons. The number of nitrogens with one attached hydrogen (secondary N) is 1. The topological polar surface area (TPSA) is 29.9 Å². The van der Waals surface area contributed by atoms with Crippen LogP contribution in [0.1, 0.15) is 43.8 Å². The predicted octanol–water partition coefficient (Wildman–Crippen LogP) is 3.97. The van der Waals surface area contributed by atoms with Crippen LogP contribution in [-0.4, -0.2) is 9.78 Å². The fraction of sp³-hybridized carbons (Fsp3) is 0.438. The van der Waals surface area contributed by atoms with Gasteiger partial charge in [-0.05, 0) is 38.0 Å². The van der Waals surface area contributed by atoms with Gasteiger partial charge in [-0.25, -0.2) is 0 Å². The molecule has 0 aliphatic carbocycles. The third kappa shape index (κ3) is 3.41. The lowest BCUT2D eigenvalue weighted by Gasteiger charge is -2.16. The summed E-state index contributed by atoms with van der Waals surface area (Å²) in [5.74, 6) is 0. The average Bonchev–Trinajstić information content (AvgIpc) is 2.87. The number of nitrogens with zero attached hydrogens (tertiary/aromatic N) is 2. The van der Waals surface area contributed by atoms with Crippen LogP contribution in [0.25, 0.3) is 0 Å². The van der Waals surface area contributed by atoms with Crippen molar-refractivity contribution in [3.05, 3.63) is 52.3 Å². The number of aromatic nitrogens is 2. The van der Waals surface area contributed by atoms with Crippen LogP contribution in [0.15, 0.2) is 30.3 Å². The van der Waals surface area contributed by atoms with Crippen LogP contribution in [0.4, 0.5) is 0 Å². The fourth-order valence-electron chi connectivity index (χ4n) is 2.30. The molecule has 2 rings (SSSR count). The standard InChI is InChI=1S/C16H22ClN3/c1-4-13-10-14(20(5-2)19-13)11-18-12(3)15-8-6-7-9-16(15)17/h6-10,12,18H,4-5,11H2,1-3H3/t12-/m0/s1. The van der Waals surface area contributed by atoms with Crippen LogP contribution in [0.3, 0.4) is 0 Å². The summed E-state index contributed by atoms with van der Waals surface area (Å²) in [6, 6.07) is 10.4. The van der Waals surface area contributed by atoms with Crippen molar-refractivity contribution in [2.45, 2.75) is 46.3 Å².